The number of phenols is 1. The van der Waals surface area contributed by atoms with Crippen molar-refractivity contribution in [2.24, 2.45) is 5.73 Å². The molecule has 1 amide bonds. The maximum atomic E-state index is 13.7. The Kier molecular flexibility index (Phi) is 10.5. The van der Waals surface area contributed by atoms with Crippen LogP contribution in [0, 0.1) is 5.82 Å². The lowest BCUT2D eigenvalue weighted by atomic mass is 10.0. The number of phenolic OH excluding ortho intramolecular Hbond substituents is 1. The van der Waals surface area contributed by atoms with Crippen molar-refractivity contribution in [3.05, 3.63) is 63.0 Å². The number of rotatable bonds is 13. The molecule has 39 heavy (non-hydrogen) atoms. The molecule has 4 rings (SSSR count). The second-order valence-electron chi connectivity index (χ2n) is 10.8. The van der Waals surface area contributed by atoms with E-state index in [4.69, 9.17) is 5.73 Å². The van der Waals surface area contributed by atoms with E-state index >= 15 is 0 Å². The van der Waals surface area contributed by atoms with Crippen molar-refractivity contribution in [3.63, 3.8) is 0 Å². The van der Waals surface area contributed by atoms with Crippen molar-refractivity contribution in [1.29, 1.82) is 0 Å². The maximum absolute atomic E-state index is 13.7. The number of nitrogens with two attached hydrogens (primary N) is 1. The van der Waals surface area contributed by atoms with Crippen LogP contribution in [-0.2, 0) is 17.6 Å². The van der Waals surface area contributed by atoms with Gasteiger partial charge >= 0.3 is 4.87 Å². The number of aromatic hydroxyl groups is 1. The summed E-state index contributed by atoms with van der Waals surface area (Å²) in [6, 6.07) is 11.0. The minimum absolute atomic E-state index is 0.101. The first-order valence-corrected chi connectivity index (χ1v) is 15.0. The van der Waals surface area contributed by atoms with E-state index in [9.17, 15) is 19.1 Å². The summed E-state index contributed by atoms with van der Waals surface area (Å²) in [5, 5.41) is 10.2. The number of halogens is 1. The average molecular weight is 557 g/mol. The summed E-state index contributed by atoms with van der Waals surface area (Å²) in [6.07, 6.45) is 9.08. The molecular weight excluding hydrogens is 515 g/mol. The zero-order chi connectivity index (χ0) is 27.8. The topological polar surface area (TPSA) is 103 Å². The number of nitrogens with one attached hydrogen (secondary N) is 1. The number of hydrogen-bond acceptors (Lipinski definition) is 6. The standard InChI is InChI=1S/C30H41FN4O3S/c1-21(20-34(17-15-27(32)37)16-13-22-7-6-8-24(31)19-22)35(25-9-4-2-3-5-10-25)18-14-23-11-12-26(36)28-29(23)39-30(38)33-28/h6-8,11-12,19,21,25,36H,2-5,9-10,13-18,20H2,1H3,(H2,32,37)(H,33,38). The number of benzene rings is 2. The van der Waals surface area contributed by atoms with E-state index in [1.807, 2.05) is 12.1 Å². The van der Waals surface area contributed by atoms with Gasteiger partial charge in [0.15, 0.2) is 0 Å². The van der Waals surface area contributed by atoms with Gasteiger partial charge in [0.05, 0.1) is 4.70 Å². The minimum Gasteiger partial charge on any atom is -0.506 e. The molecule has 0 spiro atoms. The molecule has 4 N–H and O–H groups in total. The molecule has 1 aliphatic carbocycles. The van der Waals surface area contributed by atoms with E-state index in [0.29, 0.717) is 24.5 Å². The molecule has 7 nitrogen and oxygen atoms in total. The highest BCUT2D eigenvalue weighted by Gasteiger charge is 2.26. The number of nitrogens with zero attached hydrogens (tertiary/aromatic N) is 2. The number of primary amides is 1. The summed E-state index contributed by atoms with van der Waals surface area (Å²) in [5.41, 5.74) is 8.02. The smallest absolute Gasteiger partial charge is 0.305 e. The van der Waals surface area contributed by atoms with E-state index < -0.39 is 0 Å². The average Bonchev–Trinajstić information content (AvgIpc) is 3.11. The Labute approximate surface area is 233 Å². The maximum Gasteiger partial charge on any atom is 0.305 e. The van der Waals surface area contributed by atoms with Crippen molar-refractivity contribution in [2.45, 2.75) is 76.8 Å². The van der Waals surface area contributed by atoms with E-state index in [1.54, 1.807) is 18.2 Å². The zero-order valence-corrected chi connectivity index (χ0v) is 23.6. The number of thiazole rings is 1. The van der Waals surface area contributed by atoms with E-state index in [0.717, 1.165) is 66.1 Å². The van der Waals surface area contributed by atoms with Crippen LogP contribution in [-0.4, -0.2) is 64.1 Å². The van der Waals surface area contributed by atoms with Gasteiger partial charge in [0, 0.05) is 44.7 Å². The Bertz CT molecular complexity index is 1280. The van der Waals surface area contributed by atoms with Crippen LogP contribution in [0.4, 0.5) is 4.39 Å². The van der Waals surface area contributed by atoms with Crippen molar-refractivity contribution in [1.82, 2.24) is 14.8 Å². The summed E-state index contributed by atoms with van der Waals surface area (Å²) >= 11 is 1.15. The van der Waals surface area contributed by atoms with Gasteiger partial charge in [-0.1, -0.05) is 55.2 Å². The minimum atomic E-state index is -0.319. The third-order valence-electron chi connectivity index (χ3n) is 7.94. The Hall–Kier alpha value is -2.75. The van der Waals surface area contributed by atoms with Crippen molar-refractivity contribution in [2.75, 3.05) is 26.2 Å². The van der Waals surface area contributed by atoms with Crippen LogP contribution in [0.3, 0.4) is 0 Å². The molecule has 1 fully saturated rings. The number of aromatic nitrogens is 1. The van der Waals surface area contributed by atoms with Crippen LogP contribution < -0.4 is 10.6 Å². The molecular formula is C30H41FN4O3S. The number of amides is 1. The summed E-state index contributed by atoms with van der Waals surface area (Å²) in [5.74, 6) is -0.453. The van der Waals surface area contributed by atoms with Crippen LogP contribution in [0.2, 0.25) is 0 Å². The molecule has 0 aliphatic heterocycles. The molecule has 9 heteroatoms. The van der Waals surface area contributed by atoms with Crippen LogP contribution in [0.15, 0.2) is 41.2 Å². The second kappa shape index (κ2) is 14.1. The third-order valence-corrected chi connectivity index (χ3v) is 8.90. The fourth-order valence-electron chi connectivity index (χ4n) is 5.89. The fraction of sp³-hybridized carbons (Fsp3) is 0.533. The number of carbonyl (C=O) groups excluding carboxylic acids is 1. The molecule has 0 bridgehead atoms. The van der Waals surface area contributed by atoms with Gasteiger partial charge in [-0.15, -0.1) is 0 Å². The number of fused-ring (bicyclic) bond motifs is 1. The number of carbonyl (C=O) groups is 1. The predicted molar refractivity (Wildman–Crippen MR) is 156 cm³/mol. The highest BCUT2D eigenvalue weighted by molar-refractivity contribution is 7.16. The second-order valence-corrected chi connectivity index (χ2v) is 11.8. The zero-order valence-electron chi connectivity index (χ0n) is 22.8. The first kappa shape index (κ1) is 29.2. The van der Waals surface area contributed by atoms with E-state index in [2.05, 4.69) is 21.7 Å². The molecule has 3 aromatic rings. The normalized spacial score (nSPS) is 15.7. The largest absolute Gasteiger partial charge is 0.506 e. The molecule has 0 radical (unpaired) electrons. The lowest BCUT2D eigenvalue weighted by Crippen LogP contribution is -2.49. The molecule has 1 aliphatic rings. The summed E-state index contributed by atoms with van der Waals surface area (Å²) in [7, 11) is 0. The van der Waals surface area contributed by atoms with Crippen molar-refractivity contribution < 1.29 is 14.3 Å². The Morgan fingerprint density at radius 3 is 2.62 bits per heavy atom. The van der Waals surface area contributed by atoms with Gasteiger partial charge in [0.2, 0.25) is 5.91 Å². The molecule has 212 valence electrons. The molecule has 0 saturated heterocycles. The number of aromatic amines is 1. The Balaban J connectivity index is 1.50. The molecule has 1 saturated carbocycles. The van der Waals surface area contributed by atoms with Gasteiger partial charge in [-0.25, -0.2) is 4.39 Å². The van der Waals surface area contributed by atoms with Crippen LogP contribution in [0.5, 0.6) is 5.75 Å². The van der Waals surface area contributed by atoms with E-state index in [-0.39, 0.29) is 34.8 Å². The Morgan fingerprint density at radius 2 is 1.90 bits per heavy atom. The number of H-pyrrole nitrogens is 1. The van der Waals surface area contributed by atoms with Crippen LogP contribution in [0.1, 0.15) is 63.0 Å². The van der Waals surface area contributed by atoms with Crippen molar-refractivity contribution >= 4 is 27.5 Å². The monoisotopic (exact) mass is 556 g/mol. The highest BCUT2D eigenvalue weighted by Crippen LogP contribution is 2.29. The fourth-order valence-corrected chi connectivity index (χ4v) is 6.79. The first-order chi connectivity index (χ1) is 18.8. The van der Waals surface area contributed by atoms with Gasteiger partial charge in [0.25, 0.3) is 0 Å². The summed E-state index contributed by atoms with van der Waals surface area (Å²) in [4.78, 5) is 31.1. The van der Waals surface area contributed by atoms with Crippen LogP contribution >= 0.6 is 11.3 Å². The Morgan fingerprint density at radius 1 is 1.13 bits per heavy atom. The lowest BCUT2D eigenvalue weighted by molar-refractivity contribution is -0.118. The van der Waals surface area contributed by atoms with Gasteiger partial charge in [0.1, 0.15) is 17.1 Å². The van der Waals surface area contributed by atoms with E-state index in [1.165, 1.54) is 31.7 Å². The first-order valence-electron chi connectivity index (χ1n) is 14.1. The molecule has 1 unspecified atom stereocenters. The van der Waals surface area contributed by atoms with Crippen molar-refractivity contribution in [3.8, 4) is 5.75 Å². The summed E-state index contributed by atoms with van der Waals surface area (Å²) in [6.45, 7) is 5.16. The molecule has 1 aromatic heterocycles. The third kappa shape index (κ3) is 8.37. The quantitative estimate of drug-likeness (QED) is 0.262. The van der Waals surface area contributed by atoms with Gasteiger partial charge in [-0.3, -0.25) is 14.5 Å². The van der Waals surface area contributed by atoms with Gasteiger partial charge < -0.3 is 20.7 Å². The molecule has 2 aromatic carbocycles. The SMILES string of the molecule is CC(CN(CCC(N)=O)CCc1cccc(F)c1)N(CCc1ccc(O)c2[nH]c(=O)sc12)C1CCCCCC1. The highest BCUT2D eigenvalue weighted by atomic mass is 32.1. The summed E-state index contributed by atoms with van der Waals surface area (Å²) < 4.78 is 14.6. The lowest BCUT2D eigenvalue weighted by Gasteiger charge is -2.39. The van der Waals surface area contributed by atoms with Gasteiger partial charge in [-0.05, 0) is 61.9 Å². The molecule has 1 atom stereocenters. The van der Waals surface area contributed by atoms with Crippen LogP contribution in [0.25, 0.3) is 10.2 Å². The van der Waals surface area contributed by atoms with Gasteiger partial charge in [-0.2, -0.15) is 0 Å². The predicted octanol–water partition coefficient (Wildman–Crippen LogP) is 4.81. The number of hydrogen-bond donors (Lipinski definition) is 3. The molecule has 1 heterocycles.